The molecule has 1 aliphatic carbocycles. The van der Waals surface area contributed by atoms with E-state index in [0.29, 0.717) is 0 Å². The first kappa shape index (κ1) is 88.7. The number of allylic oxidation sites excluding steroid dienone is 4. The van der Waals surface area contributed by atoms with Crippen LogP contribution >= 0.6 is 0 Å². The molecule has 3 aliphatic rings. The fourth-order valence-electron chi connectivity index (χ4n) is 16.0. The smallest absolute Gasteiger partial charge is 0.200 e. The Labute approximate surface area is 709 Å². The van der Waals surface area contributed by atoms with E-state index in [9.17, 15) is 0 Å². The molecule has 132 heavy (non-hydrogen) atoms. The van der Waals surface area contributed by atoms with E-state index < -0.39 is 388 Å². The van der Waals surface area contributed by atoms with Crippen LogP contribution in [-0.2, 0) is 0 Å². The van der Waals surface area contributed by atoms with E-state index in [4.69, 9.17) is 0 Å². The number of nitrogens with one attached hydrogen (secondary N) is 2. The molecule has 2 aromatic heterocycles. The zero-order valence-corrected chi connectivity index (χ0v) is 63.4. The second kappa shape index (κ2) is 32.4. The third-order valence-electron chi connectivity index (χ3n) is 20.9. The van der Waals surface area contributed by atoms with Gasteiger partial charge in [-0.3, -0.25) is 0 Å². The summed E-state index contributed by atoms with van der Waals surface area (Å²) in [6, 6.07) is -3.09. The zero-order chi connectivity index (χ0) is 95.1. The van der Waals surface area contributed by atoms with Crippen LogP contribution in [0, 0.1) is 209 Å². The molecule has 666 valence electrons. The molecule has 0 atom stereocenters. The van der Waals surface area contributed by atoms with E-state index in [2.05, 4.69) is 9.98 Å². The summed E-state index contributed by atoms with van der Waals surface area (Å²) >= 11 is 0. The van der Waals surface area contributed by atoms with Crippen LogP contribution in [0.25, 0.3) is 89.1 Å². The Kier molecular flexibility index (Phi) is 21.8. The largest absolute Gasteiger partial charge is 0.353 e. The van der Waals surface area contributed by atoms with Gasteiger partial charge in [0.1, 0.15) is 93.1 Å². The lowest BCUT2D eigenvalue weighted by Gasteiger charge is -2.19. The van der Waals surface area contributed by atoms with E-state index in [1.54, 1.807) is 0 Å². The lowest BCUT2D eigenvalue weighted by Crippen LogP contribution is -2.26. The van der Waals surface area contributed by atoms with E-state index in [0.717, 1.165) is 0 Å². The molecule has 0 saturated carbocycles. The fourth-order valence-corrected chi connectivity index (χ4v) is 16.0. The highest BCUT2D eigenvalue weighted by atomic mass is 19.2. The summed E-state index contributed by atoms with van der Waals surface area (Å²) in [6.45, 7) is 0. The molecule has 14 aromatic rings. The third kappa shape index (κ3) is 14.4. The van der Waals surface area contributed by atoms with Crippen molar-refractivity contribution in [2.24, 2.45) is 9.98 Å². The Morgan fingerprint density at radius 3 is 0.492 bits per heavy atom. The van der Waals surface area contributed by atoms with E-state index in [1.165, 1.54) is 0 Å². The van der Waals surface area contributed by atoms with Gasteiger partial charge in [0.2, 0.25) is 23.3 Å². The number of aromatic nitrogens is 2. The van der Waals surface area contributed by atoms with Gasteiger partial charge in [0.25, 0.3) is 0 Å². The molecule has 0 unspecified atom stereocenters. The molecule has 0 fully saturated rings. The highest BCUT2D eigenvalue weighted by molar-refractivity contribution is 6.53. The number of aromatic amines is 2. The Morgan fingerprint density at radius 2 is 0.295 bits per heavy atom. The molecule has 12 aromatic carbocycles. The van der Waals surface area contributed by atoms with Crippen molar-refractivity contribution in [2.75, 3.05) is 0 Å². The van der Waals surface area contributed by atoms with Gasteiger partial charge in [0.05, 0.1) is 67.2 Å². The first-order chi connectivity index (χ1) is 62.3. The molecule has 17 rings (SSSR count). The van der Waals surface area contributed by atoms with Crippen molar-refractivity contribution in [3.63, 3.8) is 0 Å². The van der Waals surface area contributed by atoms with Gasteiger partial charge in [-0.25, -0.2) is 168 Å². The first-order valence-corrected chi connectivity index (χ1v) is 36.6. The van der Waals surface area contributed by atoms with E-state index >= 15 is 158 Å². The maximum absolute atomic E-state index is 18.6. The van der Waals surface area contributed by atoms with Crippen molar-refractivity contribution < 1.29 is 158 Å². The summed E-state index contributed by atoms with van der Waals surface area (Å²) in [6.07, 6.45) is 0. The molecular weight excluding hydrogens is 1840 g/mol. The van der Waals surface area contributed by atoms with E-state index in [-0.39, 0.29) is 146 Å². The molecule has 4 nitrogen and oxygen atoms in total. The lowest BCUT2D eigenvalue weighted by atomic mass is 9.82. The Morgan fingerprint density at radius 1 is 0.136 bits per heavy atom. The average Bonchev–Trinajstić information content (AvgIpc) is 1.53. The third-order valence-corrected chi connectivity index (χ3v) is 20.9. The number of aliphatic imine (C=N–C) groups is 2. The summed E-state index contributed by atoms with van der Waals surface area (Å²) in [5.74, 6) is -102. The molecular formula is C92H26F36N4. The summed E-state index contributed by atoms with van der Waals surface area (Å²) < 4.78 is 623. The minimum Gasteiger partial charge on any atom is -0.353 e. The summed E-state index contributed by atoms with van der Waals surface area (Å²) in [7, 11) is 0. The van der Waals surface area contributed by atoms with Crippen molar-refractivity contribution in [3.05, 3.63) is 433 Å². The van der Waals surface area contributed by atoms with Gasteiger partial charge >= 0.3 is 0 Å². The van der Waals surface area contributed by atoms with Gasteiger partial charge in [-0.15, -0.1) is 0 Å². The van der Waals surface area contributed by atoms with Crippen LogP contribution < -0.4 is 10.7 Å². The quantitative estimate of drug-likeness (QED) is 0.0696. The van der Waals surface area contributed by atoms with Crippen molar-refractivity contribution in [2.45, 2.75) is 0 Å². The number of rotatable bonds is 12. The highest BCUT2D eigenvalue weighted by Gasteiger charge is 2.47. The number of nitrogens with zero attached hydrogens (tertiary/aromatic N) is 2. The second-order valence-corrected chi connectivity index (χ2v) is 28.9. The molecule has 0 radical (unpaired) electrons. The predicted molar refractivity (Wildman–Crippen MR) is 398 cm³/mol. The highest BCUT2D eigenvalue weighted by Crippen LogP contribution is 2.57. The van der Waals surface area contributed by atoms with Crippen LogP contribution in [0.3, 0.4) is 0 Å². The molecule has 2 N–H and O–H groups in total. The van der Waals surface area contributed by atoms with Crippen molar-refractivity contribution >= 4 is 56.0 Å². The molecule has 40 heteroatoms. The average molecular weight is 1870 g/mol. The van der Waals surface area contributed by atoms with Gasteiger partial charge in [-0.1, -0.05) is 0 Å². The monoisotopic (exact) mass is 1870 g/mol. The van der Waals surface area contributed by atoms with Crippen LogP contribution in [0.2, 0.25) is 0 Å². The van der Waals surface area contributed by atoms with E-state index in [1.807, 2.05) is 9.97 Å². The summed E-state index contributed by atoms with van der Waals surface area (Å²) in [5, 5.41) is -4.58. The van der Waals surface area contributed by atoms with Crippen LogP contribution in [-0.4, -0.2) is 21.4 Å². The fraction of sp³-hybridized carbons (Fsp3) is 0. The van der Waals surface area contributed by atoms with Crippen molar-refractivity contribution in [1.82, 2.24) is 9.97 Å². The molecule has 4 heterocycles. The normalized spacial score (nSPS) is 13.5. The number of H-pyrrole nitrogens is 2. The van der Waals surface area contributed by atoms with Gasteiger partial charge < -0.3 is 9.97 Å². The van der Waals surface area contributed by atoms with Gasteiger partial charge in [0, 0.05) is 115 Å². The van der Waals surface area contributed by atoms with Crippen LogP contribution in [0.15, 0.2) is 167 Å². The minimum atomic E-state index is -3.42. The van der Waals surface area contributed by atoms with Gasteiger partial charge in [-0.05, 0) is 142 Å². The van der Waals surface area contributed by atoms with Crippen molar-refractivity contribution in [3.8, 4) is 44.5 Å². The standard InChI is InChI=1S/C92H26F36N4/c93-33-1-25(2-34(94)17-33)49-50(26-3-35(95)18-36(96)4-26)86-62(58-67(111)75(119)82(126)76(120)68(58)112)88-53(29-9-41(101)21-42(102)10-29)54(30-11-43(103)22-44(104)12-30)90(131-88)64(60-71(115)79(123)84(128)80(124)72(60)116)92-56(32-15-47(107)24-48(108)16-32)55(31-13-45(105)23-46(106)14-31)91(132-92)63(59-69(113)77(121)83(127)78(122)70(59)114)89-52(28-7-39(99)20-40(100)8-28)51(27-5-37(97)19-38(98)6-27)87(130-89)61(85(49)129-86)57-65(109)73(117)81(125)74(118)66(57)110/h1-24,129,132H. The maximum atomic E-state index is 18.6. The topological polar surface area (TPSA) is 56.3 Å². The van der Waals surface area contributed by atoms with Gasteiger partial charge in [-0.2, -0.15) is 0 Å². The molecule has 2 aliphatic heterocycles. The molecule has 0 saturated heterocycles. The maximum Gasteiger partial charge on any atom is 0.200 e. The molecule has 8 bridgehead atoms. The van der Waals surface area contributed by atoms with Crippen molar-refractivity contribution in [1.29, 1.82) is 0 Å². The lowest BCUT2D eigenvalue weighted by molar-refractivity contribution is 0.376. The Bertz CT molecular complexity index is 7230. The number of halogens is 36. The van der Waals surface area contributed by atoms with Crippen LogP contribution in [0.4, 0.5) is 158 Å². The first-order valence-electron chi connectivity index (χ1n) is 36.6. The van der Waals surface area contributed by atoms with Gasteiger partial charge in [0.15, 0.2) is 93.1 Å². The zero-order valence-electron chi connectivity index (χ0n) is 63.4. The SMILES string of the molecule is Fc1cc(F)cc(C2=C(c3cc(F)cc(F)c3)C3=C(c4c(F)c(F)c(F)c(F)c4F)c4[nH]c(c(-c5cc(F)cc(F)c5)c4-c4cc(F)cc(F)c4)C(c4c(F)c(F)c(F)c(F)c4F)=C4N=C(C(c5cc(F)cc(F)c5)=C4c4cc(F)cc(F)c4)C(c4c(F)c(F)c(F)c(F)c4F)=c4[nH]c(c(-c5cc(F)cc(F)c5)c4-c4cc(F)cc(F)c4)=C(c4c(F)c(F)c(F)c(F)c4F)C2=N3)c1. The minimum absolute atomic E-state index is 0.110. The second-order valence-electron chi connectivity index (χ2n) is 28.9. The summed E-state index contributed by atoms with van der Waals surface area (Å²) in [4.78, 5) is 12.2. The molecule has 0 spiro atoms. The predicted octanol–water partition coefficient (Wildman–Crippen LogP) is 25.8. The number of fused-ring (bicyclic) bond motifs is 10. The number of benzene rings is 12. The summed E-state index contributed by atoms with van der Waals surface area (Å²) in [5.41, 5.74) is -66.0. The number of hydrogen-bond donors (Lipinski definition) is 2. The van der Waals surface area contributed by atoms with Crippen LogP contribution in [0.5, 0.6) is 0 Å². The van der Waals surface area contributed by atoms with Crippen LogP contribution in [0.1, 0.15) is 55.9 Å². The Hall–Kier alpha value is -15.3. The Balaban J connectivity index is 1.39. The number of hydrogen-bond acceptors (Lipinski definition) is 2. The molecule has 0 amide bonds.